The van der Waals surface area contributed by atoms with Crippen molar-refractivity contribution < 1.29 is 18.7 Å². The molecule has 0 unspecified atom stereocenters. The number of nitrogens with zero attached hydrogens (tertiary/aromatic N) is 3. The lowest BCUT2D eigenvalue weighted by molar-refractivity contribution is 0.0691. The fourth-order valence-electron chi connectivity index (χ4n) is 3.23. The smallest absolute Gasteiger partial charge is 0.322 e. The van der Waals surface area contributed by atoms with Gasteiger partial charge in [-0.3, -0.25) is 4.79 Å². The molecule has 2 heterocycles. The first-order chi connectivity index (χ1) is 14.5. The average Bonchev–Trinajstić information content (AvgIpc) is 3.21. The van der Waals surface area contributed by atoms with Gasteiger partial charge >= 0.3 is 6.03 Å². The van der Waals surface area contributed by atoms with Crippen molar-refractivity contribution in [2.24, 2.45) is 5.92 Å². The highest BCUT2D eigenvalue weighted by Crippen LogP contribution is 2.20. The van der Waals surface area contributed by atoms with Gasteiger partial charge in [0.15, 0.2) is 0 Å². The van der Waals surface area contributed by atoms with Crippen molar-refractivity contribution in [1.82, 2.24) is 14.8 Å². The van der Waals surface area contributed by atoms with E-state index in [2.05, 4.69) is 17.2 Å². The maximum Gasteiger partial charge on any atom is 0.322 e. The van der Waals surface area contributed by atoms with Gasteiger partial charge in [-0.25, -0.2) is 14.2 Å². The van der Waals surface area contributed by atoms with Gasteiger partial charge in [0.1, 0.15) is 16.5 Å². The zero-order valence-electron chi connectivity index (χ0n) is 17.3. The number of hydrogen-bond acceptors (Lipinski definition) is 5. The molecule has 2 aromatic rings. The molecule has 3 amide bonds. The van der Waals surface area contributed by atoms with Crippen molar-refractivity contribution in [2.75, 3.05) is 38.7 Å². The molecule has 1 saturated heterocycles. The van der Waals surface area contributed by atoms with Crippen LogP contribution in [-0.2, 0) is 11.3 Å². The minimum Gasteiger partial charge on any atom is -0.383 e. The summed E-state index contributed by atoms with van der Waals surface area (Å²) >= 11 is 1.34. The normalized spacial score (nSPS) is 14.6. The number of piperidine rings is 1. The molecule has 9 heteroatoms. The van der Waals surface area contributed by atoms with Crippen LogP contribution < -0.4 is 5.32 Å². The minimum absolute atomic E-state index is 0.0661. The largest absolute Gasteiger partial charge is 0.383 e. The first-order valence-electron chi connectivity index (χ1n) is 10.0. The van der Waals surface area contributed by atoms with Crippen LogP contribution in [0.2, 0.25) is 0 Å². The van der Waals surface area contributed by atoms with Crippen LogP contribution >= 0.6 is 11.3 Å². The van der Waals surface area contributed by atoms with Crippen LogP contribution in [0.1, 0.15) is 35.3 Å². The Hall–Kier alpha value is -2.52. The van der Waals surface area contributed by atoms with Crippen LogP contribution in [-0.4, -0.2) is 60.1 Å². The van der Waals surface area contributed by atoms with E-state index in [1.807, 2.05) is 4.90 Å². The van der Waals surface area contributed by atoms with E-state index in [4.69, 9.17) is 4.74 Å². The number of nitrogens with one attached hydrogen (secondary N) is 1. The summed E-state index contributed by atoms with van der Waals surface area (Å²) in [5.41, 5.74) is 0.519. The fraction of sp³-hybridized carbons (Fsp3) is 0.476. The van der Waals surface area contributed by atoms with E-state index in [0.29, 0.717) is 29.8 Å². The molecule has 1 N–H and O–H groups in total. The monoisotopic (exact) mass is 434 g/mol. The Morgan fingerprint density at radius 1 is 1.33 bits per heavy atom. The van der Waals surface area contributed by atoms with Crippen molar-refractivity contribution in [3.8, 4) is 0 Å². The number of urea groups is 1. The predicted octanol–water partition coefficient (Wildman–Crippen LogP) is 3.83. The Kier molecular flexibility index (Phi) is 7.75. The molecule has 0 aliphatic carbocycles. The molecule has 7 nitrogen and oxygen atoms in total. The molecule has 0 saturated carbocycles. The lowest BCUT2D eigenvalue weighted by atomic mass is 9.99. The first-order valence-corrected chi connectivity index (χ1v) is 10.9. The van der Waals surface area contributed by atoms with Gasteiger partial charge in [-0.15, -0.1) is 11.3 Å². The van der Waals surface area contributed by atoms with Crippen LogP contribution in [0, 0.1) is 11.7 Å². The molecule has 1 fully saturated rings. The Morgan fingerprint density at radius 2 is 2.07 bits per heavy atom. The van der Waals surface area contributed by atoms with Gasteiger partial charge in [0.05, 0.1) is 18.8 Å². The molecular formula is C21H27FN4O3S. The number of aromatic nitrogens is 1. The highest BCUT2D eigenvalue weighted by atomic mass is 32.1. The Morgan fingerprint density at radius 3 is 2.77 bits per heavy atom. The molecule has 0 atom stereocenters. The zero-order valence-corrected chi connectivity index (χ0v) is 18.1. The number of halogens is 1. The molecule has 30 heavy (non-hydrogen) atoms. The lowest BCUT2D eigenvalue weighted by Crippen LogP contribution is -2.38. The average molecular weight is 435 g/mol. The molecular weight excluding hydrogens is 407 g/mol. The quantitative estimate of drug-likeness (QED) is 0.719. The molecule has 3 rings (SSSR count). The van der Waals surface area contributed by atoms with E-state index in [1.54, 1.807) is 24.6 Å². The van der Waals surface area contributed by atoms with Gasteiger partial charge in [-0.2, -0.15) is 0 Å². The van der Waals surface area contributed by atoms with E-state index < -0.39 is 11.8 Å². The second kappa shape index (κ2) is 10.5. The highest BCUT2D eigenvalue weighted by molar-refractivity contribution is 7.09. The second-order valence-corrected chi connectivity index (χ2v) is 8.37. The molecule has 1 aromatic carbocycles. The van der Waals surface area contributed by atoms with Crippen LogP contribution in [0.15, 0.2) is 29.6 Å². The fourth-order valence-corrected chi connectivity index (χ4v) is 4.01. The third-order valence-electron chi connectivity index (χ3n) is 5.14. The Balaban J connectivity index is 1.65. The van der Waals surface area contributed by atoms with Gasteiger partial charge in [0.25, 0.3) is 5.91 Å². The summed E-state index contributed by atoms with van der Waals surface area (Å²) in [6.07, 6.45) is 2.01. The number of likely N-dealkylation sites (tertiary alicyclic amines) is 1. The first kappa shape index (κ1) is 22.2. The highest BCUT2D eigenvalue weighted by Gasteiger charge is 2.24. The maximum atomic E-state index is 13.9. The number of ether oxygens (including phenoxy) is 1. The SMILES string of the molecule is COCCN(Cc1nc(C(=O)N2CCC(C)CC2)cs1)C(=O)Nc1ccccc1F. The zero-order chi connectivity index (χ0) is 21.5. The number of para-hydroxylation sites is 1. The Bertz CT molecular complexity index is 867. The third-order valence-corrected chi connectivity index (χ3v) is 5.97. The summed E-state index contributed by atoms with van der Waals surface area (Å²) in [5, 5.41) is 4.96. The van der Waals surface area contributed by atoms with Crippen LogP contribution in [0.4, 0.5) is 14.9 Å². The Labute approximate surface area is 179 Å². The molecule has 0 bridgehead atoms. The molecule has 0 radical (unpaired) electrons. The van der Waals surface area contributed by atoms with E-state index in [1.165, 1.54) is 28.4 Å². The maximum absolute atomic E-state index is 13.9. The van der Waals surface area contributed by atoms with Crippen LogP contribution in [0.5, 0.6) is 0 Å². The molecule has 162 valence electrons. The third kappa shape index (κ3) is 5.76. The van der Waals surface area contributed by atoms with Crippen molar-refractivity contribution in [3.05, 3.63) is 46.2 Å². The van der Waals surface area contributed by atoms with E-state index >= 15 is 0 Å². The van der Waals surface area contributed by atoms with Gasteiger partial charge in [0, 0.05) is 32.1 Å². The molecule has 1 aliphatic rings. The van der Waals surface area contributed by atoms with Crippen molar-refractivity contribution >= 4 is 29.0 Å². The minimum atomic E-state index is -0.504. The van der Waals surface area contributed by atoms with E-state index in [9.17, 15) is 14.0 Å². The number of benzene rings is 1. The van der Waals surface area contributed by atoms with Gasteiger partial charge in [0.2, 0.25) is 0 Å². The number of methoxy groups -OCH3 is 1. The van der Waals surface area contributed by atoms with Gasteiger partial charge in [-0.1, -0.05) is 19.1 Å². The van der Waals surface area contributed by atoms with E-state index in [0.717, 1.165) is 25.9 Å². The number of thiazole rings is 1. The number of amides is 3. The summed E-state index contributed by atoms with van der Waals surface area (Å²) in [7, 11) is 1.55. The topological polar surface area (TPSA) is 74.8 Å². The van der Waals surface area contributed by atoms with Gasteiger partial charge < -0.3 is 19.9 Å². The van der Waals surface area contributed by atoms with Crippen molar-refractivity contribution in [1.29, 1.82) is 0 Å². The predicted molar refractivity (Wildman–Crippen MR) is 114 cm³/mol. The summed E-state index contributed by atoms with van der Waals surface area (Å²) in [6.45, 7) is 4.54. The van der Waals surface area contributed by atoms with Crippen molar-refractivity contribution in [3.63, 3.8) is 0 Å². The molecule has 1 aliphatic heterocycles. The van der Waals surface area contributed by atoms with Crippen LogP contribution in [0.25, 0.3) is 0 Å². The summed E-state index contributed by atoms with van der Waals surface area (Å²) < 4.78 is 19.0. The number of hydrogen-bond donors (Lipinski definition) is 1. The number of anilines is 1. The summed E-state index contributed by atoms with van der Waals surface area (Å²) in [6, 6.07) is 5.55. The molecule has 0 spiro atoms. The lowest BCUT2D eigenvalue weighted by Gasteiger charge is -2.29. The second-order valence-electron chi connectivity index (χ2n) is 7.43. The standard InChI is InChI=1S/C21H27FN4O3S/c1-15-7-9-25(10-8-15)20(27)18-14-30-19(23-18)13-26(11-12-29-2)21(28)24-17-6-4-3-5-16(17)22/h3-6,14-15H,7-13H2,1-2H3,(H,24,28). The van der Waals surface area contributed by atoms with Gasteiger partial charge in [-0.05, 0) is 30.9 Å². The summed E-state index contributed by atoms with van der Waals surface area (Å²) in [5.74, 6) is 0.0709. The summed E-state index contributed by atoms with van der Waals surface area (Å²) in [4.78, 5) is 33.2. The number of carbonyl (C=O) groups excluding carboxylic acids is 2. The van der Waals surface area contributed by atoms with Crippen molar-refractivity contribution in [2.45, 2.75) is 26.3 Å². The number of carbonyl (C=O) groups is 2. The number of rotatable bonds is 7. The van der Waals surface area contributed by atoms with Crippen LogP contribution in [0.3, 0.4) is 0 Å². The molecule has 1 aromatic heterocycles. The van der Waals surface area contributed by atoms with E-state index in [-0.39, 0.29) is 18.1 Å².